The second-order valence-corrected chi connectivity index (χ2v) is 6.83. The number of carbonyl (C=O) groups is 3. The lowest BCUT2D eigenvalue weighted by Gasteiger charge is -2.11. The van der Waals surface area contributed by atoms with Crippen LogP contribution in [0.2, 0.25) is 0 Å². The van der Waals surface area contributed by atoms with Gasteiger partial charge < -0.3 is 10.5 Å². The van der Waals surface area contributed by atoms with Crippen LogP contribution < -0.4 is 5.73 Å². The first-order valence-electron chi connectivity index (χ1n) is 9.35. The Kier molecular flexibility index (Phi) is 9.75. The third kappa shape index (κ3) is 8.62. The molecule has 0 bridgehead atoms. The van der Waals surface area contributed by atoms with Crippen LogP contribution in [0.1, 0.15) is 81.1 Å². The predicted molar refractivity (Wildman–Crippen MR) is 100 cm³/mol. The van der Waals surface area contributed by atoms with Gasteiger partial charge in [0.15, 0.2) is 5.78 Å². The highest BCUT2D eigenvalue weighted by atomic mass is 16.1. The molecule has 1 rings (SSSR count). The van der Waals surface area contributed by atoms with Gasteiger partial charge in [-0.15, -0.1) is 0 Å². The third-order valence-corrected chi connectivity index (χ3v) is 4.49. The number of aryl methyl sites for hydroxylation is 1. The van der Waals surface area contributed by atoms with E-state index in [4.69, 9.17) is 5.73 Å². The first-order valence-corrected chi connectivity index (χ1v) is 9.35. The molecule has 0 unspecified atom stereocenters. The lowest BCUT2D eigenvalue weighted by atomic mass is 9.94. The number of rotatable bonds is 13. The topological polar surface area (TPSA) is 77.2 Å². The molecule has 0 spiro atoms. The highest BCUT2D eigenvalue weighted by Gasteiger charge is 2.16. The largest absolute Gasteiger partial charge is 0.369 e. The molecule has 4 nitrogen and oxygen atoms in total. The van der Waals surface area contributed by atoms with Crippen molar-refractivity contribution in [2.45, 2.75) is 71.6 Å². The van der Waals surface area contributed by atoms with Crippen molar-refractivity contribution in [2.24, 2.45) is 11.7 Å². The Morgan fingerprint density at radius 2 is 1.68 bits per heavy atom. The summed E-state index contributed by atoms with van der Waals surface area (Å²) in [6, 6.07) is 7.93. The molecule has 0 saturated carbocycles. The number of benzene rings is 1. The first kappa shape index (κ1) is 21.1. The molecule has 138 valence electrons. The summed E-state index contributed by atoms with van der Waals surface area (Å²) in [5.41, 5.74) is 7.37. The van der Waals surface area contributed by atoms with E-state index in [0.29, 0.717) is 12.8 Å². The standard InChI is InChI=1S/C21H31NO3/c1-3-4-8-17-11-13-18(14-12-17)20(24)10-7-5-6-9-19(21(22)25)15-16(2)23/h11-14,19H,3-10,15H2,1-2H3,(H2,22,25)/t19-/m1/s1. The summed E-state index contributed by atoms with van der Waals surface area (Å²) >= 11 is 0. The lowest BCUT2D eigenvalue weighted by molar-refractivity contribution is -0.126. The van der Waals surface area contributed by atoms with Crippen LogP contribution in [0.25, 0.3) is 0 Å². The van der Waals surface area contributed by atoms with Crippen LogP contribution >= 0.6 is 0 Å². The molecule has 1 aromatic carbocycles. The average Bonchev–Trinajstić information content (AvgIpc) is 2.58. The molecular weight excluding hydrogens is 314 g/mol. The van der Waals surface area contributed by atoms with Gasteiger partial charge in [0, 0.05) is 24.3 Å². The summed E-state index contributed by atoms with van der Waals surface area (Å²) in [5.74, 6) is -0.628. The Balaban J connectivity index is 2.30. The summed E-state index contributed by atoms with van der Waals surface area (Å²) in [6.07, 6.45) is 7.23. The maximum atomic E-state index is 12.2. The van der Waals surface area contributed by atoms with E-state index in [1.54, 1.807) is 0 Å². The zero-order valence-electron chi connectivity index (χ0n) is 15.6. The summed E-state index contributed by atoms with van der Waals surface area (Å²) in [7, 11) is 0. The number of primary amides is 1. The zero-order valence-corrected chi connectivity index (χ0v) is 15.6. The number of unbranched alkanes of at least 4 members (excludes halogenated alkanes) is 3. The van der Waals surface area contributed by atoms with Crippen molar-refractivity contribution in [3.8, 4) is 0 Å². The van der Waals surface area contributed by atoms with Gasteiger partial charge in [-0.2, -0.15) is 0 Å². The quantitative estimate of drug-likeness (QED) is 0.429. The van der Waals surface area contributed by atoms with Crippen LogP contribution in [0.5, 0.6) is 0 Å². The molecular formula is C21H31NO3. The van der Waals surface area contributed by atoms with Gasteiger partial charge in [0.1, 0.15) is 5.78 Å². The minimum absolute atomic E-state index is 0.0126. The smallest absolute Gasteiger partial charge is 0.220 e. The van der Waals surface area contributed by atoms with E-state index in [2.05, 4.69) is 6.92 Å². The number of hydrogen-bond acceptors (Lipinski definition) is 3. The second kappa shape index (κ2) is 11.6. The maximum Gasteiger partial charge on any atom is 0.220 e. The van der Waals surface area contributed by atoms with Gasteiger partial charge in [-0.3, -0.25) is 9.59 Å². The molecule has 25 heavy (non-hydrogen) atoms. The fourth-order valence-electron chi connectivity index (χ4n) is 2.93. The summed E-state index contributed by atoms with van der Waals surface area (Å²) in [5, 5.41) is 0. The lowest BCUT2D eigenvalue weighted by Crippen LogP contribution is -2.25. The molecule has 0 aliphatic carbocycles. The van der Waals surface area contributed by atoms with E-state index in [1.165, 1.54) is 25.3 Å². The molecule has 0 fully saturated rings. The Morgan fingerprint density at radius 1 is 1.00 bits per heavy atom. The van der Waals surface area contributed by atoms with Crippen LogP contribution in [0.3, 0.4) is 0 Å². The normalized spacial score (nSPS) is 11.9. The Morgan fingerprint density at radius 3 is 2.24 bits per heavy atom. The third-order valence-electron chi connectivity index (χ3n) is 4.49. The van der Waals surface area contributed by atoms with Gasteiger partial charge in [-0.05, 0) is 38.2 Å². The van der Waals surface area contributed by atoms with Gasteiger partial charge >= 0.3 is 0 Å². The molecule has 4 heteroatoms. The molecule has 0 saturated heterocycles. The maximum absolute atomic E-state index is 12.2. The Bertz CT molecular complexity index is 563. The van der Waals surface area contributed by atoms with Crippen molar-refractivity contribution in [3.63, 3.8) is 0 Å². The second-order valence-electron chi connectivity index (χ2n) is 6.83. The van der Waals surface area contributed by atoms with Crippen molar-refractivity contribution in [2.75, 3.05) is 0 Å². The van der Waals surface area contributed by atoms with Gasteiger partial charge in [0.25, 0.3) is 0 Å². The Hall–Kier alpha value is -1.97. The first-order chi connectivity index (χ1) is 11.9. The molecule has 2 N–H and O–H groups in total. The van der Waals surface area contributed by atoms with Gasteiger partial charge in [0.05, 0.1) is 0 Å². The molecule has 1 aromatic rings. The van der Waals surface area contributed by atoms with Gasteiger partial charge in [0.2, 0.25) is 5.91 Å². The van der Waals surface area contributed by atoms with Crippen LogP contribution in [0.4, 0.5) is 0 Å². The minimum atomic E-state index is -0.408. The number of nitrogens with two attached hydrogens (primary N) is 1. The van der Waals surface area contributed by atoms with E-state index in [0.717, 1.165) is 31.2 Å². The summed E-state index contributed by atoms with van der Waals surface area (Å²) in [6.45, 7) is 3.64. The fourth-order valence-corrected chi connectivity index (χ4v) is 2.93. The molecule has 1 atom stereocenters. The molecule has 0 aromatic heterocycles. The van der Waals surface area contributed by atoms with Crippen LogP contribution in [0.15, 0.2) is 24.3 Å². The van der Waals surface area contributed by atoms with E-state index in [9.17, 15) is 14.4 Å². The van der Waals surface area contributed by atoms with Crippen molar-refractivity contribution >= 4 is 17.5 Å². The number of hydrogen-bond donors (Lipinski definition) is 1. The van der Waals surface area contributed by atoms with Crippen molar-refractivity contribution in [1.29, 1.82) is 0 Å². The van der Waals surface area contributed by atoms with E-state index in [1.807, 2.05) is 24.3 Å². The van der Waals surface area contributed by atoms with E-state index in [-0.39, 0.29) is 23.9 Å². The van der Waals surface area contributed by atoms with Crippen LogP contribution in [-0.4, -0.2) is 17.5 Å². The molecule has 0 aliphatic heterocycles. The number of ketones is 2. The monoisotopic (exact) mass is 345 g/mol. The molecule has 0 aliphatic rings. The average molecular weight is 345 g/mol. The van der Waals surface area contributed by atoms with Crippen LogP contribution in [-0.2, 0) is 16.0 Å². The SMILES string of the molecule is CCCCc1ccc(C(=O)CCCCC[C@H](CC(C)=O)C(N)=O)cc1. The van der Waals surface area contributed by atoms with Crippen molar-refractivity contribution < 1.29 is 14.4 Å². The fraction of sp³-hybridized carbons (Fsp3) is 0.571. The predicted octanol–water partition coefficient (Wildman–Crippen LogP) is 4.24. The Labute approximate surface area is 151 Å². The van der Waals surface area contributed by atoms with E-state index < -0.39 is 5.91 Å². The highest BCUT2D eigenvalue weighted by molar-refractivity contribution is 5.96. The summed E-state index contributed by atoms with van der Waals surface area (Å²) < 4.78 is 0. The molecule has 1 amide bonds. The zero-order chi connectivity index (χ0) is 18.7. The number of Topliss-reactive ketones (excluding diaryl/α,β-unsaturated/α-hetero) is 2. The minimum Gasteiger partial charge on any atom is -0.369 e. The van der Waals surface area contributed by atoms with Gasteiger partial charge in [-0.25, -0.2) is 0 Å². The molecule has 0 radical (unpaired) electrons. The van der Waals surface area contributed by atoms with Crippen molar-refractivity contribution in [1.82, 2.24) is 0 Å². The van der Waals surface area contributed by atoms with Crippen LogP contribution in [0, 0.1) is 5.92 Å². The highest BCUT2D eigenvalue weighted by Crippen LogP contribution is 2.16. The summed E-state index contributed by atoms with van der Waals surface area (Å²) in [4.78, 5) is 34.6. The van der Waals surface area contributed by atoms with Gasteiger partial charge in [-0.1, -0.05) is 50.5 Å². The number of carbonyl (C=O) groups excluding carboxylic acids is 3. The van der Waals surface area contributed by atoms with E-state index >= 15 is 0 Å². The number of amides is 1. The molecule has 0 heterocycles. The van der Waals surface area contributed by atoms with Crippen molar-refractivity contribution in [3.05, 3.63) is 35.4 Å².